The second-order valence-corrected chi connectivity index (χ2v) is 8.04. The summed E-state index contributed by atoms with van der Waals surface area (Å²) in [5.74, 6) is -0.898. The number of anilines is 1. The van der Waals surface area contributed by atoms with Crippen LogP contribution >= 0.6 is 11.6 Å². The topological polar surface area (TPSA) is 94.6 Å². The minimum Gasteiger partial charge on any atom is -0.368 e. The van der Waals surface area contributed by atoms with Gasteiger partial charge in [-0.25, -0.2) is 0 Å². The van der Waals surface area contributed by atoms with Gasteiger partial charge in [0.05, 0.1) is 5.56 Å². The van der Waals surface area contributed by atoms with E-state index in [1.54, 1.807) is 18.3 Å². The Morgan fingerprint density at radius 1 is 1.06 bits per heavy atom. The Balaban J connectivity index is 1.38. The second-order valence-electron chi connectivity index (χ2n) is 7.61. The zero-order chi connectivity index (χ0) is 22.2. The monoisotopic (exact) mass is 443 g/mol. The van der Waals surface area contributed by atoms with Crippen LogP contribution in [0.1, 0.15) is 30.1 Å². The molecule has 164 valence electrons. The minimum atomic E-state index is -0.442. The summed E-state index contributed by atoms with van der Waals surface area (Å²) >= 11 is 6.06. The molecule has 3 rings (SSSR count). The van der Waals surface area contributed by atoms with E-state index in [9.17, 15) is 14.4 Å². The van der Waals surface area contributed by atoms with Gasteiger partial charge in [-0.15, -0.1) is 0 Å². The van der Waals surface area contributed by atoms with Gasteiger partial charge in [-0.1, -0.05) is 24.6 Å². The number of hydrogen-bond donors (Lipinski definition) is 2. The Bertz CT molecular complexity index is 916. The van der Waals surface area contributed by atoms with Crippen LogP contribution in [-0.4, -0.2) is 53.8 Å². The lowest BCUT2D eigenvalue weighted by atomic mass is 10.0. The molecule has 0 radical (unpaired) electrons. The number of amides is 3. The second kappa shape index (κ2) is 10.8. The molecule has 8 nitrogen and oxygen atoms in total. The molecule has 1 aromatic carbocycles. The van der Waals surface area contributed by atoms with Crippen LogP contribution in [0.3, 0.4) is 0 Å². The fraction of sp³-hybridized carbons (Fsp3) is 0.364. The van der Waals surface area contributed by atoms with E-state index in [1.165, 1.54) is 6.20 Å². The number of nitrogens with one attached hydrogen (secondary N) is 2. The summed E-state index contributed by atoms with van der Waals surface area (Å²) < 4.78 is 0. The van der Waals surface area contributed by atoms with E-state index < -0.39 is 5.91 Å². The average Bonchev–Trinajstić information content (AvgIpc) is 2.78. The number of nitrogens with zero attached hydrogens (tertiary/aromatic N) is 3. The van der Waals surface area contributed by atoms with Gasteiger partial charge in [0.2, 0.25) is 11.8 Å². The van der Waals surface area contributed by atoms with Crippen molar-refractivity contribution in [3.63, 3.8) is 0 Å². The molecule has 1 unspecified atom stereocenters. The number of benzene rings is 1. The molecule has 0 bridgehead atoms. The number of hydrazine groups is 1. The van der Waals surface area contributed by atoms with Crippen molar-refractivity contribution in [1.82, 2.24) is 20.7 Å². The first-order chi connectivity index (χ1) is 14.9. The van der Waals surface area contributed by atoms with Crippen LogP contribution in [0.4, 0.5) is 5.69 Å². The molecule has 9 heteroatoms. The summed E-state index contributed by atoms with van der Waals surface area (Å²) in [7, 11) is 0. The molecular formula is C22H26ClN5O3. The van der Waals surface area contributed by atoms with Crippen molar-refractivity contribution in [2.75, 3.05) is 31.1 Å². The van der Waals surface area contributed by atoms with Crippen molar-refractivity contribution in [3.8, 4) is 0 Å². The number of carbonyl (C=O) groups is 3. The van der Waals surface area contributed by atoms with Crippen LogP contribution in [-0.2, 0) is 9.59 Å². The van der Waals surface area contributed by atoms with Gasteiger partial charge in [0.1, 0.15) is 0 Å². The Hall–Kier alpha value is -3.13. The van der Waals surface area contributed by atoms with Crippen molar-refractivity contribution < 1.29 is 14.4 Å². The highest BCUT2D eigenvalue weighted by atomic mass is 35.5. The molecule has 0 aliphatic carbocycles. The summed E-state index contributed by atoms with van der Waals surface area (Å²) in [4.78, 5) is 44.5. The molecule has 0 spiro atoms. The SMILES string of the molecule is CC(CC(=O)NNC(=O)c1cccnc1)CC(=O)N1CCN(c2cccc(Cl)c2)CC1. The predicted octanol–water partition coefficient (Wildman–Crippen LogP) is 2.26. The largest absolute Gasteiger partial charge is 0.368 e. The van der Waals surface area contributed by atoms with E-state index in [0.29, 0.717) is 23.7 Å². The fourth-order valence-corrected chi connectivity index (χ4v) is 3.63. The number of hydrogen-bond acceptors (Lipinski definition) is 5. The summed E-state index contributed by atoms with van der Waals surface area (Å²) in [6.45, 7) is 4.59. The maximum atomic E-state index is 12.6. The van der Waals surface area contributed by atoms with Gasteiger partial charge in [0, 0.05) is 62.1 Å². The smallest absolute Gasteiger partial charge is 0.271 e. The Morgan fingerprint density at radius 2 is 1.84 bits per heavy atom. The molecule has 2 N–H and O–H groups in total. The molecule has 1 fully saturated rings. The van der Waals surface area contributed by atoms with Crippen molar-refractivity contribution in [2.45, 2.75) is 19.8 Å². The first kappa shape index (κ1) is 22.6. The van der Waals surface area contributed by atoms with Crippen LogP contribution < -0.4 is 15.8 Å². The zero-order valence-corrected chi connectivity index (χ0v) is 18.1. The summed E-state index contributed by atoms with van der Waals surface area (Å²) in [5.41, 5.74) is 6.14. The Labute approximate surface area is 186 Å². The van der Waals surface area contributed by atoms with Gasteiger partial charge in [-0.05, 0) is 36.2 Å². The third-order valence-electron chi connectivity index (χ3n) is 5.10. The highest BCUT2D eigenvalue weighted by Gasteiger charge is 2.23. The number of halogens is 1. The lowest BCUT2D eigenvalue weighted by Gasteiger charge is -2.36. The van der Waals surface area contributed by atoms with Crippen LogP contribution in [0.2, 0.25) is 5.02 Å². The van der Waals surface area contributed by atoms with Crippen molar-refractivity contribution in [2.24, 2.45) is 5.92 Å². The number of rotatable bonds is 6. The molecule has 1 aliphatic heterocycles. The van der Waals surface area contributed by atoms with Crippen molar-refractivity contribution in [1.29, 1.82) is 0 Å². The van der Waals surface area contributed by atoms with Crippen LogP contribution in [0.15, 0.2) is 48.8 Å². The van der Waals surface area contributed by atoms with Crippen LogP contribution in [0.25, 0.3) is 0 Å². The van der Waals surface area contributed by atoms with E-state index in [1.807, 2.05) is 36.1 Å². The molecule has 31 heavy (non-hydrogen) atoms. The Morgan fingerprint density at radius 3 is 2.52 bits per heavy atom. The lowest BCUT2D eigenvalue weighted by Crippen LogP contribution is -2.49. The Kier molecular flexibility index (Phi) is 7.83. The highest BCUT2D eigenvalue weighted by Crippen LogP contribution is 2.21. The quantitative estimate of drug-likeness (QED) is 0.668. The molecule has 1 atom stereocenters. The summed E-state index contributed by atoms with van der Waals surface area (Å²) in [6.07, 6.45) is 3.39. The van der Waals surface area contributed by atoms with Gasteiger partial charge in [-0.2, -0.15) is 0 Å². The summed E-state index contributed by atoms with van der Waals surface area (Å²) in [5, 5.41) is 0.694. The van der Waals surface area contributed by atoms with Gasteiger partial charge >= 0.3 is 0 Å². The average molecular weight is 444 g/mol. The maximum absolute atomic E-state index is 12.6. The van der Waals surface area contributed by atoms with E-state index in [4.69, 9.17) is 11.6 Å². The van der Waals surface area contributed by atoms with E-state index in [2.05, 4.69) is 20.7 Å². The molecule has 2 aromatic rings. The van der Waals surface area contributed by atoms with E-state index in [0.717, 1.165) is 18.8 Å². The van der Waals surface area contributed by atoms with Gasteiger partial charge in [0.15, 0.2) is 0 Å². The molecule has 1 aromatic heterocycles. The fourth-order valence-electron chi connectivity index (χ4n) is 3.45. The first-order valence-corrected chi connectivity index (χ1v) is 10.6. The summed E-state index contributed by atoms with van der Waals surface area (Å²) in [6, 6.07) is 10.9. The molecule has 1 saturated heterocycles. The minimum absolute atomic E-state index is 0.0328. The highest BCUT2D eigenvalue weighted by molar-refractivity contribution is 6.30. The van der Waals surface area contributed by atoms with Crippen LogP contribution in [0, 0.1) is 5.92 Å². The maximum Gasteiger partial charge on any atom is 0.271 e. The normalized spacial score (nSPS) is 14.6. The number of piperazine rings is 1. The molecule has 1 aliphatic rings. The number of carbonyl (C=O) groups excluding carboxylic acids is 3. The first-order valence-electron chi connectivity index (χ1n) is 10.2. The van der Waals surface area contributed by atoms with Crippen molar-refractivity contribution >= 4 is 35.0 Å². The van der Waals surface area contributed by atoms with Crippen LogP contribution in [0.5, 0.6) is 0 Å². The lowest BCUT2D eigenvalue weighted by molar-refractivity contribution is -0.132. The van der Waals surface area contributed by atoms with Crippen molar-refractivity contribution in [3.05, 3.63) is 59.4 Å². The standard InChI is InChI=1S/C22H26ClN5O3/c1-16(12-20(29)25-26-22(31)17-4-3-7-24-15-17)13-21(30)28-10-8-27(9-11-28)19-6-2-5-18(23)14-19/h2-7,14-16H,8-13H2,1H3,(H,25,29)(H,26,31). The van der Waals surface area contributed by atoms with E-state index in [-0.39, 0.29) is 30.6 Å². The van der Waals surface area contributed by atoms with Gasteiger partial charge < -0.3 is 9.80 Å². The van der Waals surface area contributed by atoms with E-state index >= 15 is 0 Å². The van der Waals surface area contributed by atoms with Gasteiger partial charge in [0.25, 0.3) is 5.91 Å². The predicted molar refractivity (Wildman–Crippen MR) is 118 cm³/mol. The third-order valence-corrected chi connectivity index (χ3v) is 5.34. The zero-order valence-electron chi connectivity index (χ0n) is 17.4. The van der Waals surface area contributed by atoms with Gasteiger partial charge in [-0.3, -0.25) is 30.2 Å². The molecular weight excluding hydrogens is 418 g/mol. The third kappa shape index (κ3) is 6.68. The molecule has 3 amide bonds. The number of aromatic nitrogens is 1. The number of pyridine rings is 1. The molecule has 0 saturated carbocycles. The molecule has 2 heterocycles.